The van der Waals surface area contributed by atoms with Crippen LogP contribution in [0.1, 0.15) is 29.7 Å². The average Bonchev–Trinajstić information content (AvgIpc) is 3.25. The van der Waals surface area contributed by atoms with Crippen LogP contribution in [0.4, 0.5) is 0 Å². The first-order valence-corrected chi connectivity index (χ1v) is 7.87. The Hall–Kier alpha value is -2.41. The summed E-state index contributed by atoms with van der Waals surface area (Å²) >= 11 is 1.63. The lowest BCUT2D eigenvalue weighted by molar-refractivity contribution is -0.121. The van der Waals surface area contributed by atoms with Gasteiger partial charge in [0.05, 0.1) is 19.0 Å². The third-order valence-corrected chi connectivity index (χ3v) is 4.00. The Bertz CT molecular complexity index is 684. The van der Waals surface area contributed by atoms with Gasteiger partial charge in [0, 0.05) is 12.4 Å². The minimum absolute atomic E-state index is 0.00864. The maximum Gasteiger partial charge on any atom is 0.246 e. The van der Waals surface area contributed by atoms with E-state index in [0.29, 0.717) is 18.1 Å². The molecule has 1 unspecified atom stereocenters. The van der Waals surface area contributed by atoms with E-state index in [1.165, 1.54) is 0 Å². The van der Waals surface area contributed by atoms with Crippen molar-refractivity contribution in [1.82, 2.24) is 20.0 Å². The minimum Gasteiger partial charge on any atom is -0.347 e. The van der Waals surface area contributed by atoms with E-state index in [-0.39, 0.29) is 18.5 Å². The highest BCUT2D eigenvalue weighted by Crippen LogP contribution is 2.24. The van der Waals surface area contributed by atoms with Crippen LogP contribution in [-0.4, -0.2) is 20.6 Å². The van der Waals surface area contributed by atoms with E-state index in [4.69, 9.17) is 4.52 Å². The highest BCUT2D eigenvalue weighted by molar-refractivity contribution is 7.07. The molecular weight excluding hydrogens is 300 g/mol. The van der Waals surface area contributed by atoms with Crippen LogP contribution >= 0.6 is 11.3 Å². The van der Waals surface area contributed by atoms with Gasteiger partial charge in [0.25, 0.3) is 0 Å². The standard InChI is InChI=1S/C15H16N4O2S/c1-11-17-15(21-18-11)9-16-14(20)8-13(12-4-7-22-10-12)19-5-2-3-6-19/h2-7,10,13H,8-9H2,1H3,(H,16,20). The fourth-order valence-corrected chi connectivity index (χ4v) is 2.96. The SMILES string of the molecule is Cc1noc(CNC(=O)CC(c2ccsc2)n2cccc2)n1. The molecule has 3 heterocycles. The van der Waals surface area contributed by atoms with E-state index in [1.807, 2.05) is 40.5 Å². The number of carbonyl (C=O) groups is 1. The third-order valence-electron chi connectivity index (χ3n) is 3.30. The van der Waals surface area contributed by atoms with Crippen molar-refractivity contribution in [1.29, 1.82) is 0 Å². The molecule has 6 nitrogen and oxygen atoms in total. The summed E-state index contributed by atoms with van der Waals surface area (Å²) in [7, 11) is 0. The largest absolute Gasteiger partial charge is 0.347 e. The number of nitrogens with zero attached hydrogens (tertiary/aromatic N) is 3. The van der Waals surface area contributed by atoms with Crippen molar-refractivity contribution in [2.75, 3.05) is 0 Å². The Morgan fingerprint density at radius 3 is 2.91 bits per heavy atom. The van der Waals surface area contributed by atoms with Gasteiger partial charge in [-0.1, -0.05) is 5.16 Å². The fraction of sp³-hybridized carbons (Fsp3) is 0.267. The highest BCUT2D eigenvalue weighted by atomic mass is 32.1. The molecule has 0 saturated carbocycles. The van der Waals surface area contributed by atoms with Crippen molar-refractivity contribution in [3.05, 3.63) is 58.6 Å². The number of rotatable bonds is 6. The van der Waals surface area contributed by atoms with Crippen LogP contribution in [0.25, 0.3) is 0 Å². The number of hydrogen-bond donors (Lipinski definition) is 1. The van der Waals surface area contributed by atoms with Gasteiger partial charge in [-0.2, -0.15) is 16.3 Å². The van der Waals surface area contributed by atoms with Gasteiger partial charge >= 0.3 is 0 Å². The summed E-state index contributed by atoms with van der Waals surface area (Å²) in [4.78, 5) is 16.3. The van der Waals surface area contributed by atoms with E-state index in [1.54, 1.807) is 18.3 Å². The second kappa shape index (κ2) is 6.57. The molecule has 0 aliphatic carbocycles. The molecular formula is C15H16N4O2S. The average molecular weight is 316 g/mol. The van der Waals surface area contributed by atoms with Gasteiger partial charge in [0.15, 0.2) is 5.82 Å². The Kier molecular flexibility index (Phi) is 4.34. The minimum atomic E-state index is -0.0549. The van der Waals surface area contributed by atoms with E-state index in [9.17, 15) is 4.79 Å². The lowest BCUT2D eigenvalue weighted by Gasteiger charge is -2.17. The molecule has 0 aliphatic rings. The molecule has 1 amide bonds. The molecule has 0 aliphatic heterocycles. The van der Waals surface area contributed by atoms with Gasteiger partial charge < -0.3 is 14.4 Å². The Morgan fingerprint density at radius 2 is 2.27 bits per heavy atom. The Morgan fingerprint density at radius 1 is 1.45 bits per heavy atom. The zero-order valence-corrected chi connectivity index (χ0v) is 12.9. The smallest absolute Gasteiger partial charge is 0.246 e. The normalized spacial score (nSPS) is 12.2. The molecule has 3 aromatic rings. The van der Waals surface area contributed by atoms with Crippen molar-refractivity contribution in [2.24, 2.45) is 0 Å². The number of amides is 1. The molecule has 7 heteroatoms. The quantitative estimate of drug-likeness (QED) is 0.758. The van der Waals surface area contributed by atoms with Crippen molar-refractivity contribution in [2.45, 2.75) is 25.9 Å². The summed E-state index contributed by atoms with van der Waals surface area (Å²) in [6, 6.07) is 5.95. The first-order valence-electron chi connectivity index (χ1n) is 6.93. The molecule has 114 valence electrons. The molecule has 0 saturated heterocycles. The van der Waals surface area contributed by atoms with Gasteiger partial charge in [-0.3, -0.25) is 4.79 Å². The van der Waals surface area contributed by atoms with Gasteiger partial charge in [0.2, 0.25) is 11.8 Å². The van der Waals surface area contributed by atoms with Crippen LogP contribution in [0.15, 0.2) is 45.9 Å². The summed E-state index contributed by atoms with van der Waals surface area (Å²) in [5.41, 5.74) is 1.13. The van der Waals surface area contributed by atoms with Crippen LogP contribution < -0.4 is 5.32 Å². The second-order valence-electron chi connectivity index (χ2n) is 4.92. The van der Waals surface area contributed by atoms with E-state index < -0.39 is 0 Å². The molecule has 1 N–H and O–H groups in total. The first-order chi connectivity index (χ1) is 10.7. The highest BCUT2D eigenvalue weighted by Gasteiger charge is 2.18. The predicted octanol–water partition coefficient (Wildman–Crippen LogP) is 2.54. The molecule has 0 spiro atoms. The first kappa shape index (κ1) is 14.5. The van der Waals surface area contributed by atoms with Gasteiger partial charge in [-0.15, -0.1) is 0 Å². The molecule has 0 fully saturated rings. The van der Waals surface area contributed by atoms with Crippen molar-refractivity contribution >= 4 is 17.2 Å². The van der Waals surface area contributed by atoms with E-state index in [2.05, 4.69) is 20.8 Å². The lowest BCUT2D eigenvalue weighted by Crippen LogP contribution is -2.26. The van der Waals surface area contributed by atoms with Gasteiger partial charge in [-0.25, -0.2) is 0 Å². The van der Waals surface area contributed by atoms with Crippen molar-refractivity contribution in [3.8, 4) is 0 Å². The third kappa shape index (κ3) is 3.43. The maximum atomic E-state index is 12.2. The van der Waals surface area contributed by atoms with Crippen LogP contribution in [0, 0.1) is 6.92 Å². The molecule has 0 aromatic carbocycles. The van der Waals surface area contributed by atoms with E-state index in [0.717, 1.165) is 5.56 Å². The zero-order valence-electron chi connectivity index (χ0n) is 12.1. The second-order valence-corrected chi connectivity index (χ2v) is 5.70. The van der Waals surface area contributed by atoms with Gasteiger partial charge in [-0.05, 0) is 41.4 Å². The van der Waals surface area contributed by atoms with Crippen LogP contribution in [0.3, 0.4) is 0 Å². The van der Waals surface area contributed by atoms with Gasteiger partial charge in [0.1, 0.15) is 0 Å². The number of aromatic nitrogens is 3. The maximum absolute atomic E-state index is 12.2. The summed E-state index contributed by atoms with van der Waals surface area (Å²) in [6.45, 7) is 2.00. The van der Waals surface area contributed by atoms with Crippen LogP contribution in [0.2, 0.25) is 0 Å². The van der Waals surface area contributed by atoms with Crippen LogP contribution in [-0.2, 0) is 11.3 Å². The molecule has 3 rings (SSSR count). The summed E-state index contributed by atoms with van der Waals surface area (Å²) in [5.74, 6) is 0.924. The van der Waals surface area contributed by atoms with Crippen LogP contribution in [0.5, 0.6) is 0 Å². The number of nitrogens with one attached hydrogen (secondary N) is 1. The number of aryl methyl sites for hydroxylation is 1. The van der Waals surface area contributed by atoms with Crippen molar-refractivity contribution in [3.63, 3.8) is 0 Å². The molecule has 1 atom stereocenters. The summed E-state index contributed by atoms with van der Waals surface area (Å²) < 4.78 is 7.02. The predicted molar refractivity (Wildman–Crippen MR) is 82.4 cm³/mol. The molecule has 0 bridgehead atoms. The van der Waals surface area contributed by atoms with E-state index >= 15 is 0 Å². The molecule has 22 heavy (non-hydrogen) atoms. The lowest BCUT2D eigenvalue weighted by atomic mass is 10.1. The topological polar surface area (TPSA) is 73.0 Å². The molecule has 3 aromatic heterocycles. The fourth-order valence-electron chi connectivity index (χ4n) is 2.25. The summed E-state index contributed by atoms with van der Waals surface area (Å²) in [6.07, 6.45) is 4.30. The van der Waals surface area contributed by atoms with Crippen molar-refractivity contribution < 1.29 is 9.32 Å². The summed E-state index contributed by atoms with van der Waals surface area (Å²) in [5, 5.41) is 10.6. The molecule has 0 radical (unpaired) electrons. The number of carbonyl (C=O) groups excluding carboxylic acids is 1. The monoisotopic (exact) mass is 316 g/mol. The Labute approximate surface area is 131 Å². The number of hydrogen-bond acceptors (Lipinski definition) is 5. The zero-order chi connectivity index (χ0) is 15.4. The Balaban J connectivity index is 1.64. The number of thiophene rings is 1.